The number of nitrogens with one attached hydrogen (secondary N) is 1. The Morgan fingerprint density at radius 1 is 1.21 bits per heavy atom. The van der Waals surface area contributed by atoms with Crippen LogP contribution < -0.4 is 10.1 Å². The fraction of sp³-hybridized carbons (Fsp3) is 0.278. The largest absolute Gasteiger partial charge is 0.467 e. The van der Waals surface area contributed by atoms with Crippen LogP contribution in [-0.4, -0.2) is 22.5 Å². The molecule has 0 aliphatic carbocycles. The van der Waals surface area contributed by atoms with E-state index in [0.717, 1.165) is 22.5 Å². The van der Waals surface area contributed by atoms with Gasteiger partial charge in [0.1, 0.15) is 17.5 Å². The summed E-state index contributed by atoms with van der Waals surface area (Å²) in [5.74, 6) is 0.919. The van der Waals surface area contributed by atoms with Crippen molar-refractivity contribution in [2.24, 2.45) is 0 Å². The number of hydrogen-bond acceptors (Lipinski definition) is 5. The molecule has 0 fully saturated rings. The van der Waals surface area contributed by atoms with Gasteiger partial charge in [-0.25, -0.2) is 9.97 Å². The average Bonchev–Trinajstić information content (AvgIpc) is 2.87. The SMILES string of the molecule is Cc1ccccc1CNC(=O)COc1ncnc2oc(C)c(C)c12. The second-order valence-corrected chi connectivity index (χ2v) is 5.63. The number of fused-ring (bicyclic) bond motifs is 1. The maximum absolute atomic E-state index is 12.0. The van der Waals surface area contributed by atoms with Crippen LogP contribution in [0.3, 0.4) is 0 Å². The molecule has 1 N–H and O–H groups in total. The number of carbonyl (C=O) groups is 1. The zero-order valence-electron chi connectivity index (χ0n) is 13.9. The van der Waals surface area contributed by atoms with Gasteiger partial charge in [-0.05, 0) is 31.9 Å². The van der Waals surface area contributed by atoms with Crippen LogP contribution in [0.2, 0.25) is 0 Å². The van der Waals surface area contributed by atoms with E-state index < -0.39 is 0 Å². The predicted octanol–water partition coefficient (Wildman–Crippen LogP) is 2.84. The van der Waals surface area contributed by atoms with Crippen LogP contribution >= 0.6 is 0 Å². The van der Waals surface area contributed by atoms with Crippen molar-refractivity contribution in [2.75, 3.05) is 6.61 Å². The minimum Gasteiger partial charge on any atom is -0.467 e. The number of amides is 1. The van der Waals surface area contributed by atoms with Gasteiger partial charge in [-0.3, -0.25) is 4.79 Å². The molecule has 0 bridgehead atoms. The van der Waals surface area contributed by atoms with Gasteiger partial charge in [0, 0.05) is 12.1 Å². The van der Waals surface area contributed by atoms with Gasteiger partial charge in [0.15, 0.2) is 6.61 Å². The summed E-state index contributed by atoms with van der Waals surface area (Å²) >= 11 is 0. The Balaban J connectivity index is 1.64. The van der Waals surface area contributed by atoms with Crippen LogP contribution in [0.15, 0.2) is 35.0 Å². The highest BCUT2D eigenvalue weighted by Crippen LogP contribution is 2.29. The third-order valence-electron chi connectivity index (χ3n) is 4.01. The van der Waals surface area contributed by atoms with Crippen molar-refractivity contribution < 1.29 is 13.9 Å². The second-order valence-electron chi connectivity index (χ2n) is 5.63. The van der Waals surface area contributed by atoms with Crippen LogP contribution in [0.1, 0.15) is 22.5 Å². The Morgan fingerprint density at radius 3 is 2.79 bits per heavy atom. The average molecular weight is 325 g/mol. The van der Waals surface area contributed by atoms with Gasteiger partial charge in [0.05, 0.1) is 0 Å². The Labute approximate surface area is 139 Å². The fourth-order valence-corrected chi connectivity index (χ4v) is 2.45. The summed E-state index contributed by atoms with van der Waals surface area (Å²) in [6, 6.07) is 7.92. The first-order chi connectivity index (χ1) is 11.6. The van der Waals surface area contributed by atoms with E-state index in [-0.39, 0.29) is 12.5 Å². The maximum Gasteiger partial charge on any atom is 0.258 e. The molecule has 6 nitrogen and oxygen atoms in total. The lowest BCUT2D eigenvalue weighted by molar-refractivity contribution is -0.123. The summed E-state index contributed by atoms with van der Waals surface area (Å²) in [7, 11) is 0. The molecule has 1 amide bonds. The van der Waals surface area contributed by atoms with Gasteiger partial charge in [-0.1, -0.05) is 24.3 Å². The first-order valence-corrected chi connectivity index (χ1v) is 7.71. The lowest BCUT2D eigenvalue weighted by atomic mass is 10.1. The third-order valence-corrected chi connectivity index (χ3v) is 4.01. The molecule has 124 valence electrons. The summed E-state index contributed by atoms with van der Waals surface area (Å²) in [6.07, 6.45) is 1.37. The standard InChI is InChI=1S/C18H19N3O3/c1-11-6-4-5-7-14(11)8-19-15(22)9-23-17-16-12(2)13(3)24-18(16)21-10-20-17/h4-7,10H,8-9H2,1-3H3,(H,19,22). The van der Waals surface area contributed by atoms with Crippen molar-refractivity contribution in [1.29, 1.82) is 0 Å². The molecule has 0 saturated carbocycles. The molecule has 2 aromatic heterocycles. The minimum atomic E-state index is -0.206. The van der Waals surface area contributed by atoms with Gasteiger partial charge in [-0.2, -0.15) is 0 Å². The van der Waals surface area contributed by atoms with Gasteiger partial charge in [0.25, 0.3) is 5.91 Å². The fourth-order valence-electron chi connectivity index (χ4n) is 2.45. The number of benzene rings is 1. The van der Waals surface area contributed by atoms with Crippen LogP contribution in [-0.2, 0) is 11.3 Å². The molecule has 0 saturated heterocycles. The molecule has 24 heavy (non-hydrogen) atoms. The van der Waals surface area contributed by atoms with Crippen molar-refractivity contribution >= 4 is 17.0 Å². The van der Waals surface area contributed by atoms with Crippen LogP contribution in [0.25, 0.3) is 11.1 Å². The molecule has 0 aliphatic heterocycles. The molecule has 3 aromatic rings. The molecule has 0 radical (unpaired) electrons. The summed E-state index contributed by atoms with van der Waals surface area (Å²) < 4.78 is 11.1. The summed E-state index contributed by atoms with van der Waals surface area (Å²) in [6.45, 7) is 6.14. The number of ether oxygens (including phenoxy) is 1. The molecule has 0 aliphatic rings. The smallest absolute Gasteiger partial charge is 0.258 e. The topological polar surface area (TPSA) is 77.2 Å². The van der Waals surface area contributed by atoms with E-state index >= 15 is 0 Å². The zero-order valence-corrected chi connectivity index (χ0v) is 13.9. The van der Waals surface area contributed by atoms with Gasteiger partial charge >= 0.3 is 0 Å². The number of rotatable bonds is 5. The molecule has 1 aromatic carbocycles. The monoisotopic (exact) mass is 325 g/mol. The van der Waals surface area contributed by atoms with E-state index in [1.54, 1.807) is 0 Å². The number of carbonyl (C=O) groups excluding carboxylic acids is 1. The second kappa shape index (κ2) is 6.70. The van der Waals surface area contributed by atoms with Crippen molar-refractivity contribution in [1.82, 2.24) is 15.3 Å². The maximum atomic E-state index is 12.0. The molecule has 2 heterocycles. The molecular formula is C18H19N3O3. The van der Waals surface area contributed by atoms with E-state index in [0.29, 0.717) is 23.5 Å². The highest BCUT2D eigenvalue weighted by molar-refractivity contribution is 5.84. The minimum absolute atomic E-state index is 0.109. The van der Waals surface area contributed by atoms with E-state index in [9.17, 15) is 4.79 Å². The lowest BCUT2D eigenvalue weighted by Gasteiger charge is -2.09. The number of furan rings is 1. The summed E-state index contributed by atoms with van der Waals surface area (Å²) in [5.41, 5.74) is 3.61. The van der Waals surface area contributed by atoms with Crippen molar-refractivity contribution in [3.05, 3.63) is 53.0 Å². The molecule has 6 heteroatoms. The van der Waals surface area contributed by atoms with E-state index in [1.807, 2.05) is 45.0 Å². The number of aryl methyl sites for hydroxylation is 3. The van der Waals surface area contributed by atoms with Crippen LogP contribution in [0, 0.1) is 20.8 Å². The molecule has 3 rings (SSSR count). The molecule has 0 atom stereocenters. The quantitative estimate of drug-likeness (QED) is 0.780. The van der Waals surface area contributed by atoms with E-state index in [1.165, 1.54) is 6.33 Å². The predicted molar refractivity (Wildman–Crippen MR) is 89.8 cm³/mol. The summed E-state index contributed by atoms with van der Waals surface area (Å²) in [4.78, 5) is 20.2. The van der Waals surface area contributed by atoms with E-state index in [2.05, 4.69) is 15.3 Å². The van der Waals surface area contributed by atoms with Gasteiger partial charge in [0.2, 0.25) is 11.6 Å². The Morgan fingerprint density at radius 2 is 2.00 bits per heavy atom. The molecule has 0 spiro atoms. The Hall–Kier alpha value is -2.89. The van der Waals surface area contributed by atoms with Crippen LogP contribution in [0.5, 0.6) is 5.88 Å². The third kappa shape index (κ3) is 3.22. The van der Waals surface area contributed by atoms with Crippen molar-refractivity contribution in [2.45, 2.75) is 27.3 Å². The van der Waals surface area contributed by atoms with Gasteiger partial charge in [-0.15, -0.1) is 0 Å². The normalized spacial score (nSPS) is 10.8. The first-order valence-electron chi connectivity index (χ1n) is 7.71. The summed E-state index contributed by atoms with van der Waals surface area (Å²) in [5, 5.41) is 3.56. The highest BCUT2D eigenvalue weighted by Gasteiger charge is 2.15. The zero-order chi connectivity index (χ0) is 17.1. The van der Waals surface area contributed by atoms with E-state index in [4.69, 9.17) is 9.15 Å². The van der Waals surface area contributed by atoms with Crippen molar-refractivity contribution in [3.63, 3.8) is 0 Å². The molecular weight excluding hydrogens is 306 g/mol. The van der Waals surface area contributed by atoms with Gasteiger partial charge < -0.3 is 14.5 Å². The molecule has 0 unspecified atom stereocenters. The Bertz CT molecular complexity index is 886. The van der Waals surface area contributed by atoms with Crippen LogP contribution in [0.4, 0.5) is 0 Å². The number of nitrogens with zero attached hydrogens (tertiary/aromatic N) is 2. The first kappa shape index (κ1) is 16.0. The number of hydrogen-bond donors (Lipinski definition) is 1. The number of aromatic nitrogens is 2. The highest BCUT2D eigenvalue weighted by atomic mass is 16.5. The van der Waals surface area contributed by atoms with Crippen molar-refractivity contribution in [3.8, 4) is 5.88 Å². The lowest BCUT2D eigenvalue weighted by Crippen LogP contribution is -2.28. The Kier molecular flexibility index (Phi) is 4.46.